The summed E-state index contributed by atoms with van der Waals surface area (Å²) in [6, 6.07) is 0. The number of hydrogen-bond acceptors (Lipinski definition) is 0. The molecule has 1 spiro atoms. The van der Waals surface area contributed by atoms with Crippen molar-refractivity contribution in [3.05, 3.63) is 0 Å². The highest BCUT2D eigenvalue weighted by Crippen LogP contribution is 2.74. The van der Waals surface area contributed by atoms with Crippen LogP contribution in [0.2, 0.25) is 0 Å². The minimum Gasteiger partial charge on any atom is -0.248 e. The van der Waals surface area contributed by atoms with Crippen LogP contribution in [0, 0.1) is 28.6 Å². The molecule has 1 heteroatoms. The first-order valence-electron chi connectivity index (χ1n) is 8.26. The van der Waals surface area contributed by atoms with Gasteiger partial charge in [-0.3, -0.25) is 0 Å². The summed E-state index contributed by atoms with van der Waals surface area (Å²) in [7, 11) is 0. The molecule has 0 heterocycles. The number of halogens is 1. The van der Waals surface area contributed by atoms with Crippen LogP contribution in [0.5, 0.6) is 0 Å². The summed E-state index contributed by atoms with van der Waals surface area (Å²) in [5.74, 6) is 3.19. The molecule has 0 saturated heterocycles. The average molecular weight is 250 g/mol. The maximum absolute atomic E-state index is 13.3. The number of hydrogen-bond donors (Lipinski definition) is 0. The Hall–Kier alpha value is -0.0700. The van der Waals surface area contributed by atoms with Crippen molar-refractivity contribution >= 4 is 0 Å². The van der Waals surface area contributed by atoms with E-state index in [9.17, 15) is 4.39 Å². The standard InChI is InChI=1S/C17H27F/c1-12(18)2-5-16-6-3-13-8-15-9-14(4-7-16)17(15,10-13)11-16/h12-15H,2-11H2,1H3. The molecule has 102 valence electrons. The van der Waals surface area contributed by atoms with E-state index in [1.54, 1.807) is 26.2 Å². The number of alkyl halides is 1. The summed E-state index contributed by atoms with van der Waals surface area (Å²) in [6.45, 7) is 1.75. The van der Waals surface area contributed by atoms with Gasteiger partial charge in [0.25, 0.3) is 0 Å². The lowest BCUT2D eigenvalue weighted by Gasteiger charge is -2.61. The zero-order chi connectivity index (χ0) is 12.4. The van der Waals surface area contributed by atoms with Gasteiger partial charge < -0.3 is 0 Å². The van der Waals surface area contributed by atoms with Crippen LogP contribution < -0.4 is 0 Å². The summed E-state index contributed by atoms with van der Waals surface area (Å²) < 4.78 is 13.3. The van der Waals surface area contributed by atoms with E-state index in [-0.39, 0.29) is 0 Å². The maximum atomic E-state index is 13.3. The first kappa shape index (κ1) is 11.7. The molecule has 4 saturated carbocycles. The Morgan fingerprint density at radius 1 is 1.17 bits per heavy atom. The highest BCUT2D eigenvalue weighted by molar-refractivity contribution is 5.14. The smallest absolute Gasteiger partial charge is 0.0973 e. The fourth-order valence-corrected chi connectivity index (χ4v) is 6.49. The molecule has 4 aliphatic carbocycles. The lowest BCUT2D eigenvalue weighted by molar-refractivity contribution is -0.115. The van der Waals surface area contributed by atoms with Crippen LogP contribution in [-0.4, -0.2) is 6.17 Å². The van der Waals surface area contributed by atoms with Crippen LogP contribution >= 0.6 is 0 Å². The third-order valence-electron chi connectivity index (χ3n) is 7.36. The van der Waals surface area contributed by atoms with Crippen LogP contribution in [-0.2, 0) is 0 Å². The SMILES string of the molecule is CC(F)CCC12CCC3CC4CC(CC1)C4(C3)C2. The molecule has 18 heavy (non-hydrogen) atoms. The first-order valence-corrected chi connectivity index (χ1v) is 8.26. The van der Waals surface area contributed by atoms with Crippen molar-refractivity contribution in [2.75, 3.05) is 0 Å². The monoisotopic (exact) mass is 250 g/mol. The van der Waals surface area contributed by atoms with Crippen LogP contribution in [0.15, 0.2) is 0 Å². The van der Waals surface area contributed by atoms with Gasteiger partial charge in [-0.1, -0.05) is 0 Å². The van der Waals surface area contributed by atoms with E-state index >= 15 is 0 Å². The molecule has 4 rings (SSSR count). The van der Waals surface area contributed by atoms with Gasteiger partial charge in [0, 0.05) is 0 Å². The van der Waals surface area contributed by atoms with Crippen molar-refractivity contribution in [3.63, 3.8) is 0 Å². The van der Waals surface area contributed by atoms with E-state index in [1.165, 1.54) is 38.5 Å². The second-order valence-electron chi connectivity index (χ2n) is 8.24. The van der Waals surface area contributed by atoms with Gasteiger partial charge in [-0.2, -0.15) is 0 Å². The highest BCUT2D eigenvalue weighted by Gasteiger charge is 2.64. The molecule has 4 aliphatic rings. The van der Waals surface area contributed by atoms with E-state index in [4.69, 9.17) is 0 Å². The molecule has 6 atom stereocenters. The fourth-order valence-electron chi connectivity index (χ4n) is 6.49. The van der Waals surface area contributed by atoms with Gasteiger partial charge in [0.2, 0.25) is 0 Å². The molecule has 0 aromatic heterocycles. The van der Waals surface area contributed by atoms with Gasteiger partial charge in [0.05, 0.1) is 6.17 Å². The van der Waals surface area contributed by atoms with Gasteiger partial charge in [0.1, 0.15) is 0 Å². The molecular weight excluding hydrogens is 223 g/mol. The third kappa shape index (κ3) is 1.48. The van der Waals surface area contributed by atoms with E-state index in [2.05, 4.69) is 0 Å². The Bertz CT molecular complexity index is 344. The molecule has 4 fully saturated rings. The molecule has 0 aromatic rings. The van der Waals surface area contributed by atoms with Gasteiger partial charge in [0.15, 0.2) is 0 Å². The molecule has 0 nitrogen and oxygen atoms in total. The lowest BCUT2D eigenvalue weighted by atomic mass is 9.44. The predicted molar refractivity (Wildman–Crippen MR) is 72.1 cm³/mol. The van der Waals surface area contributed by atoms with E-state index in [1.807, 2.05) is 0 Å². The van der Waals surface area contributed by atoms with Gasteiger partial charge in [-0.25, -0.2) is 4.39 Å². The van der Waals surface area contributed by atoms with Gasteiger partial charge in [-0.05, 0) is 99.7 Å². The topological polar surface area (TPSA) is 0 Å². The third-order valence-corrected chi connectivity index (χ3v) is 7.36. The Balaban J connectivity index is 1.59. The van der Waals surface area contributed by atoms with E-state index in [0.717, 1.165) is 29.6 Å². The lowest BCUT2D eigenvalue weighted by Crippen LogP contribution is -2.52. The van der Waals surface area contributed by atoms with Crippen molar-refractivity contribution in [1.29, 1.82) is 0 Å². The Morgan fingerprint density at radius 3 is 2.83 bits per heavy atom. The minimum absolute atomic E-state index is 0.560. The van der Waals surface area contributed by atoms with Crippen LogP contribution in [0.4, 0.5) is 4.39 Å². The largest absolute Gasteiger partial charge is 0.248 e. The predicted octanol–water partition coefficient (Wildman–Crippen LogP) is 5.12. The quantitative estimate of drug-likeness (QED) is 0.652. The average Bonchev–Trinajstić information content (AvgIpc) is 2.52. The Kier molecular flexibility index (Phi) is 2.43. The van der Waals surface area contributed by atoms with Crippen LogP contribution in [0.1, 0.15) is 71.1 Å². The molecule has 3 bridgehead atoms. The molecule has 0 N–H and O–H groups in total. The maximum Gasteiger partial charge on any atom is 0.0973 e. The zero-order valence-corrected chi connectivity index (χ0v) is 11.8. The summed E-state index contributed by atoms with van der Waals surface area (Å²) in [6.07, 6.45) is 13.3. The van der Waals surface area contributed by atoms with Crippen molar-refractivity contribution in [1.82, 2.24) is 0 Å². The van der Waals surface area contributed by atoms with E-state index in [0.29, 0.717) is 5.41 Å². The van der Waals surface area contributed by atoms with Crippen molar-refractivity contribution in [2.24, 2.45) is 28.6 Å². The number of fused-ring (bicyclic) bond motifs is 2. The second-order valence-corrected chi connectivity index (χ2v) is 8.24. The second kappa shape index (κ2) is 3.73. The Labute approximate surface area is 111 Å². The molecular formula is C17H27F. The molecule has 0 radical (unpaired) electrons. The van der Waals surface area contributed by atoms with Crippen molar-refractivity contribution in [2.45, 2.75) is 77.3 Å². The van der Waals surface area contributed by atoms with E-state index < -0.39 is 6.17 Å². The van der Waals surface area contributed by atoms with Crippen LogP contribution in [0.25, 0.3) is 0 Å². The molecule has 6 unspecified atom stereocenters. The molecule has 0 aliphatic heterocycles. The summed E-state index contributed by atoms with van der Waals surface area (Å²) in [5, 5.41) is 0. The normalized spacial score (nSPS) is 54.7. The van der Waals surface area contributed by atoms with Crippen LogP contribution in [0.3, 0.4) is 0 Å². The van der Waals surface area contributed by atoms with Crippen molar-refractivity contribution in [3.8, 4) is 0 Å². The molecule has 0 aromatic carbocycles. The number of rotatable bonds is 3. The Morgan fingerprint density at radius 2 is 2.00 bits per heavy atom. The highest BCUT2D eigenvalue weighted by atomic mass is 19.1. The van der Waals surface area contributed by atoms with Crippen molar-refractivity contribution < 1.29 is 4.39 Å². The molecule has 0 amide bonds. The first-order chi connectivity index (χ1) is 8.62. The minimum atomic E-state index is -0.591. The zero-order valence-electron chi connectivity index (χ0n) is 11.8. The fraction of sp³-hybridized carbons (Fsp3) is 1.00. The summed E-state index contributed by atoms with van der Waals surface area (Å²) in [4.78, 5) is 0. The summed E-state index contributed by atoms with van der Waals surface area (Å²) in [5.41, 5.74) is 1.32. The van der Waals surface area contributed by atoms with Gasteiger partial charge >= 0.3 is 0 Å². The van der Waals surface area contributed by atoms with Gasteiger partial charge in [-0.15, -0.1) is 0 Å². The summed E-state index contributed by atoms with van der Waals surface area (Å²) >= 11 is 0.